The number of carbonyl (C=O) groups is 1. The van der Waals surface area contributed by atoms with Gasteiger partial charge < -0.3 is 9.64 Å². The van der Waals surface area contributed by atoms with Crippen LogP contribution in [0.4, 0.5) is 10.5 Å². The largest absolute Gasteiger partial charge is 0.494 e. The minimum atomic E-state index is -3.18. The van der Waals surface area contributed by atoms with E-state index in [-0.39, 0.29) is 29.6 Å². The molecule has 2 aliphatic heterocycles. The third-order valence-corrected chi connectivity index (χ3v) is 7.04. The molecule has 2 aromatic rings. The summed E-state index contributed by atoms with van der Waals surface area (Å²) in [5, 5.41) is 0. The van der Waals surface area contributed by atoms with E-state index in [1.54, 1.807) is 9.80 Å². The number of hydrogen-bond acceptors (Lipinski definition) is 4. The number of amides is 2. The summed E-state index contributed by atoms with van der Waals surface area (Å²) in [6.45, 7) is 4.89. The van der Waals surface area contributed by atoms with E-state index in [0.29, 0.717) is 18.8 Å². The predicted molar refractivity (Wildman–Crippen MR) is 108 cm³/mol. The third kappa shape index (κ3) is 3.46. The number of hydrogen-bond donors (Lipinski definition) is 0. The Labute approximate surface area is 165 Å². The monoisotopic (exact) mass is 400 g/mol. The Balaban J connectivity index is 1.66. The molecule has 2 saturated heterocycles. The number of fused-ring (bicyclic) bond motifs is 1. The average Bonchev–Trinajstić information content (AvgIpc) is 3.07. The van der Waals surface area contributed by atoms with Gasteiger partial charge in [0.25, 0.3) is 0 Å². The summed E-state index contributed by atoms with van der Waals surface area (Å²) in [7, 11) is -3.18. The molecular formula is C21H24N2O4S. The molecule has 0 bridgehead atoms. The summed E-state index contributed by atoms with van der Waals surface area (Å²) >= 11 is 0. The van der Waals surface area contributed by atoms with E-state index < -0.39 is 9.84 Å². The fourth-order valence-electron chi connectivity index (χ4n) is 4.14. The van der Waals surface area contributed by atoms with Gasteiger partial charge in [-0.2, -0.15) is 0 Å². The average molecular weight is 401 g/mol. The highest BCUT2D eigenvalue weighted by molar-refractivity contribution is 7.91. The molecule has 4 rings (SSSR count). The molecule has 2 heterocycles. The van der Waals surface area contributed by atoms with Crippen molar-refractivity contribution < 1.29 is 17.9 Å². The van der Waals surface area contributed by atoms with Crippen molar-refractivity contribution in [3.8, 4) is 5.75 Å². The molecule has 7 heteroatoms. The fraction of sp³-hybridized carbons (Fsp3) is 0.381. The lowest BCUT2D eigenvalue weighted by molar-refractivity contribution is 0.206. The second-order valence-electron chi connectivity index (χ2n) is 7.41. The van der Waals surface area contributed by atoms with Crippen LogP contribution in [-0.4, -0.2) is 49.5 Å². The molecule has 0 aromatic heterocycles. The highest BCUT2D eigenvalue weighted by atomic mass is 32.2. The number of benzene rings is 2. The quantitative estimate of drug-likeness (QED) is 0.724. The first-order valence-electron chi connectivity index (χ1n) is 9.46. The molecule has 0 N–H and O–H groups in total. The van der Waals surface area contributed by atoms with Crippen LogP contribution in [0.5, 0.6) is 5.75 Å². The maximum atomic E-state index is 13.3. The Kier molecular flexibility index (Phi) is 4.79. The highest BCUT2D eigenvalue weighted by Crippen LogP contribution is 2.36. The van der Waals surface area contributed by atoms with Crippen LogP contribution in [0.15, 0.2) is 48.5 Å². The number of rotatable bonds is 5. The molecule has 148 valence electrons. The minimum absolute atomic E-state index is 0.000928. The fourth-order valence-corrected chi connectivity index (χ4v) is 6.09. The third-order valence-electron chi connectivity index (χ3n) is 5.34. The Hall–Kier alpha value is -2.54. The normalized spacial score (nSPS) is 23.1. The summed E-state index contributed by atoms with van der Waals surface area (Å²) in [5.41, 5.74) is 2.82. The van der Waals surface area contributed by atoms with Crippen LogP contribution in [0, 0.1) is 6.92 Å². The van der Waals surface area contributed by atoms with Gasteiger partial charge >= 0.3 is 6.03 Å². The van der Waals surface area contributed by atoms with Gasteiger partial charge in [-0.1, -0.05) is 29.8 Å². The molecule has 0 spiro atoms. The van der Waals surface area contributed by atoms with Crippen LogP contribution in [0.3, 0.4) is 0 Å². The lowest BCUT2D eigenvalue weighted by Gasteiger charge is -2.23. The van der Waals surface area contributed by atoms with Gasteiger partial charge in [-0.05, 0) is 43.7 Å². The molecule has 0 radical (unpaired) electrons. The van der Waals surface area contributed by atoms with E-state index in [1.807, 2.05) is 62.4 Å². The zero-order valence-corrected chi connectivity index (χ0v) is 16.9. The first-order valence-corrected chi connectivity index (χ1v) is 11.3. The lowest BCUT2D eigenvalue weighted by atomic mass is 10.1. The van der Waals surface area contributed by atoms with E-state index in [0.717, 1.165) is 16.9 Å². The number of aryl methyl sites for hydroxylation is 1. The molecule has 6 nitrogen and oxygen atoms in total. The van der Waals surface area contributed by atoms with E-state index >= 15 is 0 Å². The van der Waals surface area contributed by atoms with Gasteiger partial charge in [0.15, 0.2) is 9.84 Å². The SMILES string of the molecule is CCOc1ccc(N2C(=O)N(Cc3cccc(C)c3)[C@@H]3CS(=O)(=O)C[C@@H]32)cc1. The van der Waals surface area contributed by atoms with Gasteiger partial charge in [0.2, 0.25) is 0 Å². The van der Waals surface area contributed by atoms with Gasteiger partial charge in [-0.25, -0.2) is 13.2 Å². The number of sulfone groups is 1. The molecule has 28 heavy (non-hydrogen) atoms. The van der Waals surface area contributed by atoms with Crippen molar-refractivity contribution in [2.24, 2.45) is 0 Å². The van der Waals surface area contributed by atoms with Crippen molar-refractivity contribution in [2.45, 2.75) is 32.5 Å². The first kappa shape index (κ1) is 18.8. The van der Waals surface area contributed by atoms with Gasteiger partial charge in [0, 0.05) is 12.2 Å². The second-order valence-corrected chi connectivity index (χ2v) is 9.56. The Bertz CT molecular complexity index is 988. The van der Waals surface area contributed by atoms with Crippen molar-refractivity contribution in [1.29, 1.82) is 0 Å². The van der Waals surface area contributed by atoms with E-state index in [9.17, 15) is 13.2 Å². The summed E-state index contributed by atoms with van der Waals surface area (Å²) in [6, 6.07) is 14.4. The standard InChI is InChI=1S/C21H24N2O4S/c1-3-27-18-9-7-17(8-10-18)23-20-14-28(25,26)13-19(20)22(21(23)24)12-16-6-4-5-15(2)11-16/h4-11,19-20H,3,12-14H2,1-2H3/t19-,20+/m1/s1. The van der Waals surface area contributed by atoms with E-state index in [2.05, 4.69) is 0 Å². The topological polar surface area (TPSA) is 66.9 Å². The molecule has 2 amide bonds. The van der Waals surface area contributed by atoms with Crippen LogP contribution >= 0.6 is 0 Å². The zero-order valence-electron chi connectivity index (χ0n) is 16.0. The van der Waals surface area contributed by atoms with Gasteiger partial charge in [0.1, 0.15) is 5.75 Å². The molecule has 2 atom stereocenters. The summed E-state index contributed by atoms with van der Waals surface area (Å²) in [4.78, 5) is 16.6. The molecule has 2 aliphatic rings. The van der Waals surface area contributed by atoms with Gasteiger partial charge in [-0.3, -0.25) is 4.90 Å². The smallest absolute Gasteiger partial charge is 0.325 e. The maximum Gasteiger partial charge on any atom is 0.325 e. The molecule has 0 saturated carbocycles. The van der Waals surface area contributed by atoms with Gasteiger partial charge in [0.05, 0.1) is 30.2 Å². The van der Waals surface area contributed by atoms with Gasteiger partial charge in [-0.15, -0.1) is 0 Å². The van der Waals surface area contributed by atoms with Crippen LogP contribution in [-0.2, 0) is 16.4 Å². The van der Waals surface area contributed by atoms with Crippen molar-refractivity contribution in [3.05, 3.63) is 59.7 Å². The number of anilines is 1. The Morgan fingerprint density at radius 1 is 1.07 bits per heavy atom. The van der Waals surface area contributed by atoms with Crippen LogP contribution < -0.4 is 9.64 Å². The van der Waals surface area contributed by atoms with Crippen molar-refractivity contribution in [1.82, 2.24) is 4.90 Å². The van der Waals surface area contributed by atoms with Crippen LogP contribution in [0.2, 0.25) is 0 Å². The number of ether oxygens (including phenoxy) is 1. The Morgan fingerprint density at radius 3 is 2.46 bits per heavy atom. The first-order chi connectivity index (χ1) is 13.4. The number of nitrogens with zero attached hydrogens (tertiary/aromatic N) is 2. The van der Waals surface area contributed by atoms with E-state index in [1.165, 1.54) is 0 Å². The maximum absolute atomic E-state index is 13.3. The summed E-state index contributed by atoms with van der Waals surface area (Å²) in [5.74, 6) is 0.744. The van der Waals surface area contributed by atoms with E-state index in [4.69, 9.17) is 4.74 Å². The molecule has 0 unspecified atom stereocenters. The number of urea groups is 1. The van der Waals surface area contributed by atoms with Crippen LogP contribution in [0.1, 0.15) is 18.1 Å². The molecular weight excluding hydrogens is 376 g/mol. The summed E-state index contributed by atoms with van der Waals surface area (Å²) in [6.07, 6.45) is 0. The summed E-state index contributed by atoms with van der Waals surface area (Å²) < 4.78 is 30.1. The predicted octanol–water partition coefficient (Wildman–Crippen LogP) is 3.00. The van der Waals surface area contributed by atoms with Crippen molar-refractivity contribution >= 4 is 21.6 Å². The lowest BCUT2D eigenvalue weighted by Crippen LogP contribution is -2.37. The Morgan fingerprint density at radius 2 is 1.79 bits per heavy atom. The molecule has 2 fully saturated rings. The molecule has 0 aliphatic carbocycles. The van der Waals surface area contributed by atoms with Crippen LogP contribution in [0.25, 0.3) is 0 Å². The number of carbonyl (C=O) groups excluding carboxylic acids is 1. The highest BCUT2D eigenvalue weighted by Gasteiger charge is 2.53. The minimum Gasteiger partial charge on any atom is -0.494 e. The van der Waals surface area contributed by atoms with Crippen molar-refractivity contribution in [2.75, 3.05) is 23.0 Å². The second kappa shape index (κ2) is 7.13. The van der Waals surface area contributed by atoms with Crippen molar-refractivity contribution in [3.63, 3.8) is 0 Å². The molecule has 2 aromatic carbocycles. The zero-order chi connectivity index (χ0) is 19.9.